The van der Waals surface area contributed by atoms with E-state index in [1.165, 1.54) is 231 Å². The first kappa shape index (κ1) is 76.0. The Balaban J connectivity index is 5.07. The number of nitrogens with one attached hydrogen (secondary N) is 4. The van der Waals surface area contributed by atoms with Crippen molar-refractivity contribution in [3.63, 3.8) is 0 Å². The smallest absolute Gasteiger partial charge is 0.221 e. The molecule has 0 unspecified atom stereocenters. The highest BCUT2D eigenvalue weighted by molar-refractivity contribution is 5.78. The summed E-state index contributed by atoms with van der Waals surface area (Å²) in [6.45, 7) is 17.7. The number of ketones is 1. The van der Waals surface area contributed by atoms with Crippen LogP contribution in [-0.4, -0.2) is 105 Å². The highest BCUT2D eigenvalue weighted by atomic mass is 16.2. The summed E-state index contributed by atoms with van der Waals surface area (Å²) in [5, 5.41) is 13.0. The molecule has 0 saturated heterocycles. The van der Waals surface area contributed by atoms with Gasteiger partial charge in [-0.25, -0.2) is 0 Å². The molecule has 0 aromatic carbocycles. The Morgan fingerprint density at radius 2 is 0.500 bits per heavy atom. The highest BCUT2D eigenvalue weighted by Gasteiger charge is 2.14. The molecule has 10 nitrogen and oxygen atoms in total. The zero-order chi connectivity index (χ0) is 56.7. The average Bonchev–Trinajstić information content (AvgIpc) is 3.44. The molecular formula is C68H136N6O4. The summed E-state index contributed by atoms with van der Waals surface area (Å²) in [5.41, 5.74) is 0. The van der Waals surface area contributed by atoms with Crippen molar-refractivity contribution in [2.24, 2.45) is 0 Å². The van der Waals surface area contributed by atoms with Gasteiger partial charge in [0.1, 0.15) is 5.78 Å². The van der Waals surface area contributed by atoms with Gasteiger partial charge in [0.25, 0.3) is 0 Å². The normalized spacial score (nSPS) is 11.6. The number of carbonyl (C=O) groups is 4. The number of hydrogen-bond donors (Lipinski definition) is 4. The van der Waals surface area contributed by atoms with E-state index in [0.717, 1.165) is 104 Å². The Morgan fingerprint density at radius 3 is 0.846 bits per heavy atom. The molecule has 0 aliphatic rings. The minimum atomic E-state index is 0.124. The summed E-state index contributed by atoms with van der Waals surface area (Å²) >= 11 is 0. The molecule has 78 heavy (non-hydrogen) atoms. The Kier molecular flexibility index (Phi) is 62.5. The zero-order valence-electron chi connectivity index (χ0n) is 53.0. The molecule has 0 heterocycles. The SMILES string of the molecule is CCCCCCCCCCCCCC(=O)CCN(CCCCN(CCCNCCC(=O)NCCCCCCCCCCCC)CCC(=O)NCCCCCCCCCCCC)CCC(=O)NCCCCCCCCCCCC. The van der Waals surface area contributed by atoms with Crippen molar-refractivity contribution >= 4 is 23.5 Å². The van der Waals surface area contributed by atoms with Crippen LogP contribution in [0.25, 0.3) is 0 Å². The van der Waals surface area contributed by atoms with Crippen LogP contribution < -0.4 is 21.3 Å². The van der Waals surface area contributed by atoms with E-state index in [9.17, 15) is 19.2 Å². The monoisotopic (exact) mass is 1100 g/mol. The summed E-state index contributed by atoms with van der Waals surface area (Å²) in [7, 11) is 0. The second-order valence-corrected chi connectivity index (χ2v) is 23.9. The molecule has 0 saturated carbocycles. The average molecular weight is 1100 g/mol. The van der Waals surface area contributed by atoms with Crippen molar-refractivity contribution in [1.82, 2.24) is 31.1 Å². The van der Waals surface area contributed by atoms with E-state index in [0.29, 0.717) is 57.5 Å². The Hall–Kier alpha value is -2.04. The number of amides is 3. The Morgan fingerprint density at radius 1 is 0.231 bits per heavy atom. The summed E-state index contributed by atoms with van der Waals surface area (Å²) in [5.74, 6) is 0.766. The molecule has 10 heteroatoms. The summed E-state index contributed by atoms with van der Waals surface area (Å²) in [4.78, 5) is 56.6. The van der Waals surface area contributed by atoms with E-state index in [1.807, 2.05) is 0 Å². The molecule has 0 aromatic rings. The second-order valence-electron chi connectivity index (χ2n) is 23.9. The predicted molar refractivity (Wildman–Crippen MR) is 339 cm³/mol. The lowest BCUT2D eigenvalue weighted by Gasteiger charge is -2.24. The topological polar surface area (TPSA) is 123 Å². The van der Waals surface area contributed by atoms with Crippen molar-refractivity contribution in [3.05, 3.63) is 0 Å². The number of hydrogen-bond acceptors (Lipinski definition) is 7. The number of rotatable bonds is 66. The Bertz CT molecular complexity index is 1230. The molecule has 4 N–H and O–H groups in total. The maximum absolute atomic E-state index is 13.1. The molecule has 0 bridgehead atoms. The van der Waals surface area contributed by atoms with Crippen molar-refractivity contribution in [2.75, 3.05) is 72.0 Å². The zero-order valence-corrected chi connectivity index (χ0v) is 53.0. The fraction of sp³-hybridized carbons (Fsp3) is 0.941. The third-order valence-corrected chi connectivity index (χ3v) is 16.2. The van der Waals surface area contributed by atoms with Crippen LogP contribution >= 0.6 is 0 Å². The fourth-order valence-corrected chi connectivity index (χ4v) is 10.8. The first-order valence-corrected chi connectivity index (χ1v) is 34.8. The van der Waals surface area contributed by atoms with Gasteiger partial charge < -0.3 is 31.1 Å². The Labute approximate surface area is 486 Å². The van der Waals surface area contributed by atoms with Gasteiger partial charge in [0, 0.05) is 77.9 Å². The standard InChI is InChI=1S/C68H136N6O4/c1-5-9-13-17-21-25-29-30-34-38-42-49-65(75)51-62-74(64-53-68(78)72-57-45-41-37-33-28-24-20-16-12-8-4)60-47-46-59-73(63-52-67(77)71-56-44-40-36-32-27-23-19-15-11-7-3)61-48-54-69-58-50-66(76)70-55-43-39-35-31-26-22-18-14-10-6-2/h69H,5-64H2,1-4H3,(H,70,76)(H,71,77)(H,72,78). The van der Waals surface area contributed by atoms with Gasteiger partial charge in [-0.05, 0) is 71.1 Å². The third-order valence-electron chi connectivity index (χ3n) is 16.2. The molecule has 0 atom stereocenters. The highest BCUT2D eigenvalue weighted by Crippen LogP contribution is 2.15. The van der Waals surface area contributed by atoms with Crippen LogP contribution in [0.2, 0.25) is 0 Å². The van der Waals surface area contributed by atoms with E-state index in [1.54, 1.807) is 0 Å². The number of Topliss-reactive ketones (excluding diaryl/α,β-unsaturated/α-hetero) is 1. The summed E-state index contributed by atoms with van der Waals surface area (Å²) in [6, 6.07) is 0. The van der Waals surface area contributed by atoms with Gasteiger partial charge in [-0.3, -0.25) is 19.2 Å². The molecule has 0 aromatic heterocycles. The van der Waals surface area contributed by atoms with Gasteiger partial charge in [-0.1, -0.05) is 265 Å². The first-order valence-electron chi connectivity index (χ1n) is 34.8. The first-order chi connectivity index (χ1) is 38.4. The third kappa shape index (κ3) is 60.1. The van der Waals surface area contributed by atoms with Crippen LogP contribution in [0.3, 0.4) is 0 Å². The molecule has 462 valence electrons. The maximum atomic E-state index is 13.1. The van der Waals surface area contributed by atoms with Gasteiger partial charge in [0.15, 0.2) is 0 Å². The molecular weight excluding hydrogens is 965 g/mol. The predicted octanol–water partition coefficient (Wildman–Crippen LogP) is 17.3. The van der Waals surface area contributed by atoms with Crippen molar-refractivity contribution < 1.29 is 19.2 Å². The lowest BCUT2D eigenvalue weighted by Crippen LogP contribution is -2.35. The lowest BCUT2D eigenvalue weighted by atomic mass is 10.0. The van der Waals surface area contributed by atoms with Gasteiger partial charge in [0.2, 0.25) is 17.7 Å². The van der Waals surface area contributed by atoms with Crippen LogP contribution in [0.15, 0.2) is 0 Å². The van der Waals surface area contributed by atoms with Crippen LogP contribution in [0, 0.1) is 0 Å². The minimum Gasteiger partial charge on any atom is -0.356 e. The van der Waals surface area contributed by atoms with Gasteiger partial charge in [-0.2, -0.15) is 0 Å². The molecule has 0 spiro atoms. The molecule has 0 rings (SSSR count). The van der Waals surface area contributed by atoms with Gasteiger partial charge >= 0.3 is 0 Å². The summed E-state index contributed by atoms with van der Waals surface area (Å²) in [6.07, 6.45) is 58.6. The van der Waals surface area contributed by atoms with E-state index in [2.05, 4.69) is 58.8 Å². The van der Waals surface area contributed by atoms with E-state index >= 15 is 0 Å². The minimum absolute atomic E-state index is 0.124. The lowest BCUT2D eigenvalue weighted by molar-refractivity contribution is -0.122. The van der Waals surface area contributed by atoms with Gasteiger partial charge in [0.05, 0.1) is 0 Å². The number of carbonyl (C=O) groups excluding carboxylic acids is 4. The molecule has 3 amide bonds. The van der Waals surface area contributed by atoms with Crippen molar-refractivity contribution in [1.29, 1.82) is 0 Å². The van der Waals surface area contributed by atoms with Crippen LogP contribution in [0.1, 0.15) is 342 Å². The van der Waals surface area contributed by atoms with Crippen LogP contribution in [-0.2, 0) is 19.2 Å². The molecule has 0 aliphatic carbocycles. The van der Waals surface area contributed by atoms with E-state index in [-0.39, 0.29) is 17.7 Å². The second kappa shape index (κ2) is 64.1. The number of unbranched alkanes of at least 4 members (excludes halogenated alkanes) is 38. The maximum Gasteiger partial charge on any atom is 0.221 e. The van der Waals surface area contributed by atoms with Crippen LogP contribution in [0.4, 0.5) is 0 Å². The van der Waals surface area contributed by atoms with Crippen molar-refractivity contribution in [3.8, 4) is 0 Å². The molecule has 0 radical (unpaired) electrons. The summed E-state index contributed by atoms with van der Waals surface area (Å²) < 4.78 is 0. The largest absolute Gasteiger partial charge is 0.356 e. The fourth-order valence-electron chi connectivity index (χ4n) is 10.8. The van der Waals surface area contributed by atoms with Gasteiger partial charge in [-0.15, -0.1) is 0 Å². The number of nitrogens with zero attached hydrogens (tertiary/aromatic N) is 2. The molecule has 0 aliphatic heterocycles. The van der Waals surface area contributed by atoms with Crippen molar-refractivity contribution in [2.45, 2.75) is 342 Å². The quantitative estimate of drug-likeness (QED) is 0.0448. The van der Waals surface area contributed by atoms with Crippen LogP contribution in [0.5, 0.6) is 0 Å². The molecule has 0 fully saturated rings. The van der Waals surface area contributed by atoms with E-state index < -0.39 is 0 Å². The van der Waals surface area contributed by atoms with E-state index in [4.69, 9.17) is 0 Å².